The van der Waals surface area contributed by atoms with Gasteiger partial charge in [-0.3, -0.25) is 9.89 Å². The molecule has 1 amide bonds. The van der Waals surface area contributed by atoms with Crippen molar-refractivity contribution < 1.29 is 9.90 Å². The lowest BCUT2D eigenvalue weighted by molar-refractivity contribution is -0.112. The van der Waals surface area contributed by atoms with Gasteiger partial charge in [-0.25, -0.2) is 0 Å². The van der Waals surface area contributed by atoms with Crippen LogP contribution in [-0.2, 0) is 4.79 Å². The molecule has 0 atom stereocenters. The first-order chi connectivity index (χ1) is 11.7. The summed E-state index contributed by atoms with van der Waals surface area (Å²) in [4.78, 5) is 12.2. The molecule has 0 aliphatic carbocycles. The van der Waals surface area contributed by atoms with Gasteiger partial charge in [0.15, 0.2) is 0 Å². The fourth-order valence-corrected chi connectivity index (χ4v) is 2.59. The van der Waals surface area contributed by atoms with E-state index >= 15 is 0 Å². The molecule has 2 aromatic carbocycles. The molecule has 1 aliphatic heterocycles. The molecule has 3 aromatic rings. The molecule has 0 radical (unpaired) electrons. The maximum absolute atomic E-state index is 12.2. The van der Waals surface area contributed by atoms with Crippen LogP contribution in [0.4, 0.5) is 11.4 Å². The zero-order valence-electron chi connectivity index (χ0n) is 12.6. The third kappa shape index (κ3) is 2.50. The van der Waals surface area contributed by atoms with E-state index in [0.717, 1.165) is 11.4 Å². The van der Waals surface area contributed by atoms with E-state index in [1.165, 1.54) is 0 Å². The highest BCUT2D eigenvalue weighted by Gasteiger charge is 2.19. The number of para-hydroxylation sites is 3. The van der Waals surface area contributed by atoms with Gasteiger partial charge in [-0.2, -0.15) is 5.10 Å². The molecule has 1 aromatic heterocycles. The largest absolute Gasteiger partial charge is 0.507 e. The van der Waals surface area contributed by atoms with Crippen molar-refractivity contribution in [2.24, 2.45) is 0 Å². The minimum absolute atomic E-state index is 0.158. The number of fused-ring (bicyclic) bond motifs is 1. The van der Waals surface area contributed by atoms with Crippen molar-refractivity contribution >= 4 is 23.4 Å². The van der Waals surface area contributed by atoms with Crippen LogP contribution in [0.5, 0.6) is 5.75 Å². The number of carbonyl (C=O) groups excluding carboxylic acids is 1. The summed E-state index contributed by atoms with van der Waals surface area (Å²) in [6.07, 6.45) is 1.68. The summed E-state index contributed by atoms with van der Waals surface area (Å²) in [5, 5.41) is 22.9. The fraction of sp³-hybridized carbons (Fsp3) is 0. The van der Waals surface area contributed by atoms with Crippen LogP contribution >= 0.6 is 0 Å². The van der Waals surface area contributed by atoms with Gasteiger partial charge in [0.2, 0.25) is 0 Å². The number of phenols is 1. The summed E-state index contributed by atoms with van der Waals surface area (Å²) in [5.41, 5.74) is 3.90. The number of phenolic OH excluding ortho intramolecular Hbond substituents is 1. The van der Waals surface area contributed by atoms with Gasteiger partial charge in [-0.05, 0) is 36.4 Å². The van der Waals surface area contributed by atoms with E-state index in [-0.39, 0.29) is 11.7 Å². The minimum atomic E-state index is -0.215. The SMILES string of the molecule is O=C1Nc2ccccc2NC1=Cc1cc(-c2ccccc2O)n[nH]1. The van der Waals surface area contributed by atoms with Gasteiger partial charge in [0, 0.05) is 5.56 Å². The molecule has 24 heavy (non-hydrogen) atoms. The van der Waals surface area contributed by atoms with Gasteiger partial charge in [0.05, 0.1) is 22.8 Å². The molecule has 6 heteroatoms. The van der Waals surface area contributed by atoms with Crippen LogP contribution in [-0.4, -0.2) is 21.2 Å². The topological polar surface area (TPSA) is 90.0 Å². The number of nitrogens with one attached hydrogen (secondary N) is 3. The van der Waals surface area contributed by atoms with E-state index in [1.807, 2.05) is 30.3 Å². The smallest absolute Gasteiger partial charge is 0.272 e. The van der Waals surface area contributed by atoms with Gasteiger partial charge in [-0.15, -0.1) is 0 Å². The number of amides is 1. The van der Waals surface area contributed by atoms with Crippen molar-refractivity contribution in [2.75, 3.05) is 10.6 Å². The van der Waals surface area contributed by atoms with Crippen LogP contribution in [0.3, 0.4) is 0 Å². The number of benzene rings is 2. The Hall–Kier alpha value is -3.54. The van der Waals surface area contributed by atoms with Crippen molar-refractivity contribution in [3.8, 4) is 17.0 Å². The zero-order valence-corrected chi connectivity index (χ0v) is 12.6. The molecule has 0 saturated carbocycles. The Morgan fingerprint density at radius 1 is 0.958 bits per heavy atom. The summed E-state index contributed by atoms with van der Waals surface area (Å²) in [7, 11) is 0. The molecule has 118 valence electrons. The Kier molecular flexibility index (Phi) is 3.28. The summed E-state index contributed by atoms with van der Waals surface area (Å²) in [5.74, 6) is -0.0573. The number of rotatable bonds is 2. The maximum Gasteiger partial charge on any atom is 0.272 e. The normalized spacial score (nSPS) is 14.8. The third-order valence-corrected chi connectivity index (χ3v) is 3.77. The molecule has 0 spiro atoms. The number of aromatic nitrogens is 2. The second-order valence-electron chi connectivity index (χ2n) is 5.41. The lowest BCUT2D eigenvalue weighted by atomic mass is 10.1. The van der Waals surface area contributed by atoms with E-state index in [4.69, 9.17) is 0 Å². The van der Waals surface area contributed by atoms with Crippen molar-refractivity contribution in [2.45, 2.75) is 0 Å². The van der Waals surface area contributed by atoms with Crippen LogP contribution in [0.1, 0.15) is 5.69 Å². The predicted octanol–water partition coefficient (Wildman–Crippen LogP) is 3.19. The van der Waals surface area contributed by atoms with Crippen molar-refractivity contribution in [3.05, 3.63) is 66.0 Å². The van der Waals surface area contributed by atoms with Crippen LogP contribution in [0.2, 0.25) is 0 Å². The van der Waals surface area contributed by atoms with Gasteiger partial charge in [0.25, 0.3) is 5.91 Å². The van der Waals surface area contributed by atoms with E-state index in [0.29, 0.717) is 22.6 Å². The lowest BCUT2D eigenvalue weighted by Gasteiger charge is -2.20. The molecular formula is C18H14N4O2. The number of aromatic amines is 1. The van der Waals surface area contributed by atoms with Gasteiger partial charge in [-0.1, -0.05) is 24.3 Å². The highest BCUT2D eigenvalue weighted by Crippen LogP contribution is 2.30. The number of H-pyrrole nitrogens is 1. The highest BCUT2D eigenvalue weighted by molar-refractivity contribution is 6.13. The van der Waals surface area contributed by atoms with Gasteiger partial charge in [0.1, 0.15) is 11.4 Å². The van der Waals surface area contributed by atoms with Crippen LogP contribution in [0.15, 0.2) is 60.3 Å². The van der Waals surface area contributed by atoms with E-state index < -0.39 is 0 Å². The number of anilines is 2. The minimum Gasteiger partial charge on any atom is -0.507 e. The summed E-state index contributed by atoms with van der Waals surface area (Å²) in [6, 6.07) is 16.2. The molecule has 0 bridgehead atoms. The van der Waals surface area contributed by atoms with E-state index in [2.05, 4.69) is 20.8 Å². The van der Waals surface area contributed by atoms with Crippen LogP contribution < -0.4 is 10.6 Å². The number of hydrogen-bond acceptors (Lipinski definition) is 4. The second kappa shape index (κ2) is 5.58. The Labute approximate surface area is 137 Å². The highest BCUT2D eigenvalue weighted by atomic mass is 16.3. The molecule has 4 N–H and O–H groups in total. The van der Waals surface area contributed by atoms with Crippen molar-refractivity contribution in [1.29, 1.82) is 0 Å². The lowest BCUT2D eigenvalue weighted by Crippen LogP contribution is -2.25. The zero-order chi connectivity index (χ0) is 16.5. The van der Waals surface area contributed by atoms with Gasteiger partial charge < -0.3 is 15.7 Å². The summed E-state index contributed by atoms with van der Waals surface area (Å²) >= 11 is 0. The Balaban J connectivity index is 1.65. The molecule has 0 fully saturated rings. The molecule has 0 unspecified atom stereocenters. The number of nitrogens with zero attached hydrogens (tertiary/aromatic N) is 1. The molecule has 1 aliphatic rings. The maximum atomic E-state index is 12.2. The Morgan fingerprint density at radius 2 is 1.67 bits per heavy atom. The molecule has 2 heterocycles. The molecule has 4 rings (SSSR count). The van der Waals surface area contributed by atoms with Gasteiger partial charge >= 0.3 is 0 Å². The van der Waals surface area contributed by atoms with E-state index in [9.17, 15) is 9.90 Å². The Bertz CT molecular complexity index is 959. The number of carbonyl (C=O) groups is 1. The first kappa shape index (κ1) is 14.1. The predicted molar refractivity (Wildman–Crippen MR) is 92.4 cm³/mol. The molecule has 0 saturated heterocycles. The average Bonchev–Trinajstić information content (AvgIpc) is 3.04. The first-order valence-corrected chi connectivity index (χ1v) is 7.43. The molecular weight excluding hydrogens is 304 g/mol. The average molecular weight is 318 g/mol. The second-order valence-corrected chi connectivity index (χ2v) is 5.41. The standard InChI is InChI=1S/C18H14N4O2/c23-17-8-4-1-5-12(17)15-9-11(21-22-15)10-16-18(24)20-14-7-3-2-6-13(14)19-16/h1-10,19,23H,(H,20,24)(H,21,22). The van der Waals surface area contributed by atoms with Crippen molar-refractivity contribution in [3.63, 3.8) is 0 Å². The monoisotopic (exact) mass is 318 g/mol. The first-order valence-electron chi connectivity index (χ1n) is 7.43. The number of hydrogen-bond donors (Lipinski definition) is 4. The third-order valence-electron chi connectivity index (χ3n) is 3.77. The quantitative estimate of drug-likeness (QED) is 0.546. The summed E-state index contributed by atoms with van der Waals surface area (Å²) < 4.78 is 0. The summed E-state index contributed by atoms with van der Waals surface area (Å²) in [6.45, 7) is 0. The van der Waals surface area contributed by atoms with Crippen LogP contribution in [0.25, 0.3) is 17.3 Å². The molecule has 6 nitrogen and oxygen atoms in total. The number of aromatic hydroxyl groups is 1. The van der Waals surface area contributed by atoms with Crippen molar-refractivity contribution in [1.82, 2.24) is 10.2 Å². The fourth-order valence-electron chi connectivity index (χ4n) is 2.59. The van der Waals surface area contributed by atoms with Crippen LogP contribution in [0, 0.1) is 0 Å². The van der Waals surface area contributed by atoms with E-state index in [1.54, 1.807) is 30.3 Å². The Morgan fingerprint density at radius 3 is 2.46 bits per heavy atom.